The van der Waals surface area contributed by atoms with Crippen molar-refractivity contribution in [1.29, 1.82) is 0 Å². The van der Waals surface area contributed by atoms with Crippen molar-refractivity contribution < 1.29 is 14.3 Å². The first-order valence-electron chi connectivity index (χ1n) is 8.05. The molecule has 25 heavy (non-hydrogen) atoms. The van der Waals surface area contributed by atoms with Crippen molar-refractivity contribution in [2.75, 3.05) is 5.32 Å². The number of thiophene rings is 1. The number of carbonyl (C=O) groups excluding carboxylic acids is 2. The quantitative estimate of drug-likeness (QED) is 0.832. The fourth-order valence-electron chi connectivity index (χ4n) is 2.91. The van der Waals surface area contributed by atoms with Crippen LogP contribution in [0.15, 0.2) is 18.2 Å². The Kier molecular flexibility index (Phi) is 5.01. The number of aryl methyl sites for hydroxylation is 2. The number of nitrogens with two attached hydrogens (primary N) is 1. The lowest BCUT2D eigenvalue weighted by atomic mass is 10.1. The highest BCUT2D eigenvalue weighted by atomic mass is 35.5. The highest BCUT2D eigenvalue weighted by Crippen LogP contribution is 2.39. The van der Waals surface area contributed by atoms with E-state index in [-0.39, 0.29) is 5.91 Å². The lowest BCUT2D eigenvalue weighted by Gasteiger charge is -2.16. The third kappa shape index (κ3) is 3.65. The molecular formula is C18H19ClN2O3S. The lowest BCUT2D eigenvalue weighted by molar-refractivity contribution is -0.122. The molecule has 1 heterocycles. The molecule has 0 fully saturated rings. The van der Waals surface area contributed by atoms with Crippen LogP contribution in [0.4, 0.5) is 5.00 Å². The fraction of sp³-hybridized carbons (Fsp3) is 0.333. The van der Waals surface area contributed by atoms with Crippen LogP contribution in [0.3, 0.4) is 0 Å². The van der Waals surface area contributed by atoms with Crippen LogP contribution in [0.25, 0.3) is 0 Å². The number of anilines is 1. The zero-order chi connectivity index (χ0) is 18.1. The van der Waals surface area contributed by atoms with Gasteiger partial charge in [-0.1, -0.05) is 17.7 Å². The van der Waals surface area contributed by atoms with Gasteiger partial charge in [0.15, 0.2) is 6.10 Å². The van der Waals surface area contributed by atoms with E-state index >= 15 is 0 Å². The molecule has 5 nitrogen and oxygen atoms in total. The summed E-state index contributed by atoms with van der Waals surface area (Å²) in [4.78, 5) is 25.4. The lowest BCUT2D eigenvalue weighted by Crippen LogP contribution is -2.30. The van der Waals surface area contributed by atoms with Crippen LogP contribution in [-0.2, 0) is 17.6 Å². The molecule has 0 saturated heterocycles. The summed E-state index contributed by atoms with van der Waals surface area (Å²) in [5, 5.41) is 3.74. The van der Waals surface area contributed by atoms with Crippen molar-refractivity contribution in [1.82, 2.24) is 0 Å². The smallest absolute Gasteiger partial charge is 0.265 e. The van der Waals surface area contributed by atoms with E-state index in [1.165, 1.54) is 11.3 Å². The van der Waals surface area contributed by atoms with Gasteiger partial charge in [-0.3, -0.25) is 9.59 Å². The average molecular weight is 379 g/mol. The minimum Gasteiger partial charge on any atom is -0.479 e. The van der Waals surface area contributed by atoms with Crippen LogP contribution >= 0.6 is 22.9 Å². The minimum atomic E-state index is -0.767. The van der Waals surface area contributed by atoms with Gasteiger partial charge in [0.05, 0.1) is 10.6 Å². The maximum absolute atomic E-state index is 12.5. The number of ether oxygens (including phenoxy) is 1. The third-order valence-corrected chi connectivity index (χ3v) is 5.68. The topological polar surface area (TPSA) is 81.4 Å². The monoisotopic (exact) mass is 378 g/mol. The molecule has 0 spiro atoms. The van der Waals surface area contributed by atoms with Crippen LogP contribution in [-0.4, -0.2) is 17.9 Å². The summed E-state index contributed by atoms with van der Waals surface area (Å²) in [6.07, 6.45) is 1.99. The average Bonchev–Trinajstić information content (AvgIpc) is 3.10. The van der Waals surface area contributed by atoms with E-state index < -0.39 is 12.0 Å². The van der Waals surface area contributed by atoms with E-state index in [1.807, 2.05) is 13.0 Å². The molecule has 132 valence electrons. The number of nitrogens with one attached hydrogen (secondary N) is 1. The molecule has 1 aliphatic rings. The summed E-state index contributed by atoms with van der Waals surface area (Å²) in [6.45, 7) is 3.56. The summed E-state index contributed by atoms with van der Waals surface area (Å²) >= 11 is 7.53. The Hall–Kier alpha value is -2.05. The normalized spacial score (nSPS) is 14.0. The molecule has 0 bridgehead atoms. The van der Waals surface area contributed by atoms with Crippen LogP contribution in [0, 0.1) is 6.92 Å². The standard InChI is InChI=1S/C18H19ClN2O3S/c1-9-6-7-12(19)13(8-9)24-10(2)17(23)21-18-15(16(20)22)11-4-3-5-14(11)25-18/h6-8,10H,3-5H2,1-2H3,(H2,20,22)(H,21,23)/t10-/m0/s1. The second-order valence-electron chi connectivity index (χ2n) is 6.11. The maximum Gasteiger partial charge on any atom is 0.265 e. The largest absolute Gasteiger partial charge is 0.479 e. The van der Waals surface area contributed by atoms with Crippen molar-refractivity contribution in [2.24, 2.45) is 5.73 Å². The first-order valence-corrected chi connectivity index (χ1v) is 9.24. The first kappa shape index (κ1) is 17.8. The van der Waals surface area contributed by atoms with Gasteiger partial charge in [-0.25, -0.2) is 0 Å². The van der Waals surface area contributed by atoms with E-state index in [0.717, 1.165) is 35.3 Å². The van der Waals surface area contributed by atoms with Crippen LogP contribution in [0.1, 0.15) is 39.7 Å². The number of benzene rings is 1. The van der Waals surface area contributed by atoms with Crippen molar-refractivity contribution in [3.8, 4) is 5.75 Å². The number of primary amides is 1. The third-order valence-electron chi connectivity index (χ3n) is 4.16. The maximum atomic E-state index is 12.5. The number of amides is 2. The van der Waals surface area contributed by atoms with E-state index in [0.29, 0.717) is 21.3 Å². The molecule has 2 amide bonds. The van der Waals surface area contributed by atoms with E-state index in [1.54, 1.807) is 19.1 Å². The number of hydrogen-bond acceptors (Lipinski definition) is 4. The molecule has 0 unspecified atom stereocenters. The van der Waals surface area contributed by atoms with Gasteiger partial charge in [0.1, 0.15) is 10.8 Å². The molecule has 7 heteroatoms. The van der Waals surface area contributed by atoms with E-state index in [9.17, 15) is 9.59 Å². The van der Waals surface area contributed by atoms with Crippen LogP contribution in [0.2, 0.25) is 5.02 Å². The first-order chi connectivity index (χ1) is 11.9. The minimum absolute atomic E-state index is 0.347. The molecule has 0 saturated carbocycles. The van der Waals surface area contributed by atoms with Crippen LogP contribution in [0.5, 0.6) is 5.75 Å². The van der Waals surface area contributed by atoms with Gasteiger partial charge in [0.2, 0.25) is 0 Å². The number of rotatable bonds is 5. The SMILES string of the molecule is Cc1ccc(Cl)c(O[C@@H](C)C(=O)Nc2sc3c(c2C(N)=O)CCC3)c1. The van der Waals surface area contributed by atoms with Crippen molar-refractivity contribution in [3.63, 3.8) is 0 Å². The van der Waals surface area contributed by atoms with Gasteiger partial charge >= 0.3 is 0 Å². The Labute approximate surface area is 155 Å². The van der Waals surface area contributed by atoms with Crippen molar-refractivity contribution in [2.45, 2.75) is 39.2 Å². The summed E-state index contributed by atoms with van der Waals surface area (Å²) in [5.41, 5.74) is 7.91. The van der Waals surface area contributed by atoms with Gasteiger partial charge in [-0.05, 0) is 56.4 Å². The summed E-state index contributed by atoms with van der Waals surface area (Å²) < 4.78 is 5.68. The summed E-state index contributed by atoms with van der Waals surface area (Å²) in [5.74, 6) is -0.405. The zero-order valence-corrected chi connectivity index (χ0v) is 15.6. The summed E-state index contributed by atoms with van der Waals surface area (Å²) in [7, 11) is 0. The van der Waals surface area contributed by atoms with Gasteiger partial charge in [0.25, 0.3) is 11.8 Å². The van der Waals surface area contributed by atoms with Gasteiger partial charge < -0.3 is 15.8 Å². The Bertz CT molecular complexity index is 847. The summed E-state index contributed by atoms with van der Waals surface area (Å²) in [6, 6.07) is 5.37. The van der Waals surface area contributed by atoms with Gasteiger partial charge in [0, 0.05) is 4.88 Å². The Morgan fingerprint density at radius 1 is 1.36 bits per heavy atom. The van der Waals surface area contributed by atoms with Crippen molar-refractivity contribution >= 4 is 39.8 Å². The Morgan fingerprint density at radius 3 is 2.84 bits per heavy atom. The molecule has 1 aromatic heterocycles. The number of halogens is 1. The molecule has 1 aliphatic carbocycles. The molecule has 2 aromatic rings. The highest BCUT2D eigenvalue weighted by Gasteiger charge is 2.27. The van der Waals surface area contributed by atoms with E-state index in [4.69, 9.17) is 22.1 Å². The molecule has 0 radical (unpaired) electrons. The Balaban J connectivity index is 1.76. The highest BCUT2D eigenvalue weighted by molar-refractivity contribution is 7.17. The molecule has 3 N–H and O–H groups in total. The molecule has 3 rings (SSSR count). The van der Waals surface area contributed by atoms with Crippen molar-refractivity contribution in [3.05, 3.63) is 44.8 Å². The molecule has 1 aromatic carbocycles. The predicted molar refractivity (Wildman–Crippen MR) is 99.8 cm³/mol. The second kappa shape index (κ2) is 7.06. The van der Waals surface area contributed by atoms with Crippen LogP contribution < -0.4 is 15.8 Å². The fourth-order valence-corrected chi connectivity index (χ4v) is 4.37. The Morgan fingerprint density at radius 2 is 2.12 bits per heavy atom. The number of hydrogen-bond donors (Lipinski definition) is 2. The van der Waals surface area contributed by atoms with Gasteiger partial charge in [-0.2, -0.15) is 0 Å². The molecular weight excluding hydrogens is 360 g/mol. The molecule has 1 atom stereocenters. The zero-order valence-electron chi connectivity index (χ0n) is 14.0. The predicted octanol–water partition coefficient (Wildman–Crippen LogP) is 3.70. The van der Waals surface area contributed by atoms with Gasteiger partial charge in [-0.15, -0.1) is 11.3 Å². The number of fused-ring (bicyclic) bond motifs is 1. The second-order valence-corrected chi connectivity index (χ2v) is 7.62. The number of carbonyl (C=O) groups is 2. The molecule has 0 aliphatic heterocycles. The van der Waals surface area contributed by atoms with E-state index in [2.05, 4.69) is 5.32 Å².